The number of halogens is 1. The number of nitrogens with zero attached hydrogens (tertiary/aromatic N) is 2. The Bertz CT molecular complexity index is 960. The van der Waals surface area contributed by atoms with Crippen molar-refractivity contribution < 1.29 is 14.0 Å². The number of hydrogen-bond donors (Lipinski definition) is 0. The minimum atomic E-state index is -0.202. The highest BCUT2D eigenvalue weighted by molar-refractivity contribution is 5.95. The van der Waals surface area contributed by atoms with Gasteiger partial charge in [0.05, 0.1) is 0 Å². The Balaban J connectivity index is 1.14. The van der Waals surface area contributed by atoms with E-state index in [1.54, 1.807) is 0 Å². The Morgan fingerprint density at radius 2 is 1.58 bits per heavy atom. The molecule has 5 rings (SSSR count). The SMILES string of the molecule is O=C(CCCC(=O)N1[C@@H]2CC[C@H]1CC(c1ccc(F)cc1)C2)N1CCc2ccccc21. The number of para-hydroxylation sites is 1. The van der Waals surface area contributed by atoms with Crippen molar-refractivity contribution >= 4 is 17.5 Å². The number of hydrogen-bond acceptors (Lipinski definition) is 2. The molecule has 5 heteroatoms. The Kier molecular flexibility index (Phi) is 5.51. The van der Waals surface area contributed by atoms with E-state index in [-0.39, 0.29) is 29.7 Å². The zero-order valence-electron chi connectivity index (χ0n) is 17.8. The van der Waals surface area contributed by atoms with Gasteiger partial charge in [0.2, 0.25) is 11.8 Å². The number of carbonyl (C=O) groups excluding carboxylic acids is 2. The van der Waals surface area contributed by atoms with Gasteiger partial charge in [0, 0.05) is 37.2 Å². The molecule has 0 aromatic heterocycles. The molecule has 1 unspecified atom stereocenters. The van der Waals surface area contributed by atoms with Gasteiger partial charge in [-0.05, 0) is 73.8 Å². The standard InChI is InChI=1S/C26H29FN2O2/c27-21-10-8-18(9-11-21)20-16-22-12-13-23(17-20)29(22)26(31)7-3-6-25(30)28-15-14-19-4-1-2-5-24(19)28/h1-2,4-5,8-11,20,22-23H,3,6-7,12-17H2/t20?,22-,23+. The lowest BCUT2D eigenvalue weighted by molar-refractivity contribution is -0.136. The second-order valence-corrected chi connectivity index (χ2v) is 9.18. The van der Waals surface area contributed by atoms with Crippen LogP contribution in [0.15, 0.2) is 48.5 Å². The maximum atomic E-state index is 13.3. The molecule has 162 valence electrons. The van der Waals surface area contributed by atoms with Gasteiger partial charge in [-0.25, -0.2) is 4.39 Å². The Labute approximate surface area is 183 Å². The lowest BCUT2D eigenvalue weighted by atomic mass is 9.85. The molecule has 2 aromatic rings. The molecule has 0 aliphatic carbocycles. The summed E-state index contributed by atoms with van der Waals surface area (Å²) in [5.41, 5.74) is 3.44. The zero-order chi connectivity index (χ0) is 21.4. The number of anilines is 1. The van der Waals surface area contributed by atoms with Crippen LogP contribution in [-0.2, 0) is 16.0 Å². The lowest BCUT2D eigenvalue weighted by Crippen LogP contribution is -2.46. The van der Waals surface area contributed by atoms with E-state index < -0.39 is 0 Å². The maximum Gasteiger partial charge on any atom is 0.227 e. The van der Waals surface area contributed by atoms with Crippen molar-refractivity contribution in [2.45, 2.75) is 69.4 Å². The van der Waals surface area contributed by atoms with Crippen molar-refractivity contribution in [3.63, 3.8) is 0 Å². The van der Waals surface area contributed by atoms with E-state index in [4.69, 9.17) is 0 Å². The van der Waals surface area contributed by atoms with Gasteiger partial charge in [0.25, 0.3) is 0 Å². The molecule has 3 aliphatic heterocycles. The Hall–Kier alpha value is -2.69. The number of carbonyl (C=O) groups is 2. The second-order valence-electron chi connectivity index (χ2n) is 9.18. The first-order chi connectivity index (χ1) is 15.1. The molecule has 3 aliphatic rings. The molecule has 0 saturated carbocycles. The van der Waals surface area contributed by atoms with Gasteiger partial charge in [-0.1, -0.05) is 30.3 Å². The fourth-order valence-corrected chi connectivity index (χ4v) is 5.84. The van der Waals surface area contributed by atoms with Crippen molar-refractivity contribution in [1.29, 1.82) is 0 Å². The predicted molar refractivity (Wildman–Crippen MR) is 118 cm³/mol. The van der Waals surface area contributed by atoms with Crippen LogP contribution in [0, 0.1) is 5.82 Å². The summed E-state index contributed by atoms with van der Waals surface area (Å²) in [4.78, 5) is 29.7. The normalized spacial score (nSPS) is 24.4. The van der Waals surface area contributed by atoms with Crippen molar-refractivity contribution in [2.24, 2.45) is 0 Å². The fraction of sp³-hybridized carbons (Fsp3) is 0.462. The summed E-state index contributed by atoms with van der Waals surface area (Å²) >= 11 is 0. The highest BCUT2D eigenvalue weighted by Gasteiger charge is 2.43. The molecule has 0 radical (unpaired) electrons. The third-order valence-corrected chi connectivity index (χ3v) is 7.33. The summed E-state index contributed by atoms with van der Waals surface area (Å²) in [6.07, 6.45) is 6.39. The van der Waals surface area contributed by atoms with Gasteiger partial charge in [-0.15, -0.1) is 0 Å². The quantitative estimate of drug-likeness (QED) is 0.696. The van der Waals surface area contributed by atoms with E-state index in [2.05, 4.69) is 11.0 Å². The van der Waals surface area contributed by atoms with E-state index in [9.17, 15) is 14.0 Å². The van der Waals surface area contributed by atoms with Gasteiger partial charge < -0.3 is 9.80 Å². The minimum absolute atomic E-state index is 0.121. The van der Waals surface area contributed by atoms with Crippen LogP contribution in [0.5, 0.6) is 0 Å². The summed E-state index contributed by atoms with van der Waals surface area (Å²) in [6.45, 7) is 0.743. The van der Waals surface area contributed by atoms with Crippen LogP contribution in [-0.4, -0.2) is 35.3 Å². The van der Waals surface area contributed by atoms with Gasteiger partial charge in [0.15, 0.2) is 0 Å². The monoisotopic (exact) mass is 420 g/mol. The molecule has 2 bridgehead atoms. The third kappa shape index (κ3) is 3.98. The number of piperidine rings is 1. The van der Waals surface area contributed by atoms with Gasteiger partial charge in [-0.3, -0.25) is 9.59 Å². The third-order valence-electron chi connectivity index (χ3n) is 7.33. The molecule has 4 nitrogen and oxygen atoms in total. The van der Waals surface area contributed by atoms with Gasteiger partial charge in [-0.2, -0.15) is 0 Å². The van der Waals surface area contributed by atoms with Gasteiger partial charge >= 0.3 is 0 Å². The van der Waals surface area contributed by atoms with Crippen LogP contribution in [0.25, 0.3) is 0 Å². The molecule has 0 spiro atoms. The molecule has 2 aromatic carbocycles. The summed E-state index contributed by atoms with van der Waals surface area (Å²) in [7, 11) is 0. The van der Waals surface area contributed by atoms with E-state index in [1.165, 1.54) is 23.3 Å². The molecule has 3 heterocycles. The number of fused-ring (bicyclic) bond motifs is 3. The average Bonchev–Trinajstić information content (AvgIpc) is 3.32. The van der Waals surface area contributed by atoms with Crippen LogP contribution in [0.3, 0.4) is 0 Å². The van der Waals surface area contributed by atoms with E-state index in [1.807, 2.05) is 35.2 Å². The molecule has 0 N–H and O–H groups in total. The van der Waals surface area contributed by atoms with Crippen molar-refractivity contribution in [3.8, 4) is 0 Å². The molecular weight excluding hydrogens is 391 g/mol. The smallest absolute Gasteiger partial charge is 0.227 e. The van der Waals surface area contributed by atoms with E-state index in [0.29, 0.717) is 25.2 Å². The van der Waals surface area contributed by atoms with E-state index >= 15 is 0 Å². The second kappa shape index (κ2) is 8.45. The maximum absolute atomic E-state index is 13.3. The van der Waals surface area contributed by atoms with Crippen LogP contribution in [0.1, 0.15) is 62.0 Å². The first-order valence-corrected chi connectivity index (χ1v) is 11.5. The molecular formula is C26H29FN2O2. The Morgan fingerprint density at radius 3 is 2.32 bits per heavy atom. The number of rotatable bonds is 5. The molecule has 2 saturated heterocycles. The largest absolute Gasteiger partial charge is 0.337 e. The van der Waals surface area contributed by atoms with Crippen LogP contribution < -0.4 is 4.90 Å². The fourth-order valence-electron chi connectivity index (χ4n) is 5.84. The molecule has 31 heavy (non-hydrogen) atoms. The highest BCUT2D eigenvalue weighted by atomic mass is 19.1. The van der Waals surface area contributed by atoms with Crippen molar-refractivity contribution in [3.05, 3.63) is 65.5 Å². The number of amides is 2. The van der Waals surface area contributed by atoms with Crippen LogP contribution in [0.2, 0.25) is 0 Å². The lowest BCUT2D eigenvalue weighted by Gasteiger charge is -2.39. The topological polar surface area (TPSA) is 40.6 Å². The van der Waals surface area contributed by atoms with Crippen molar-refractivity contribution in [1.82, 2.24) is 4.90 Å². The number of benzene rings is 2. The summed E-state index contributed by atoms with van der Waals surface area (Å²) in [6, 6.07) is 15.5. The first kappa shape index (κ1) is 20.2. The molecule has 2 fully saturated rings. The minimum Gasteiger partial charge on any atom is -0.337 e. The van der Waals surface area contributed by atoms with E-state index in [0.717, 1.165) is 44.3 Å². The molecule has 2 amide bonds. The first-order valence-electron chi connectivity index (χ1n) is 11.5. The summed E-state index contributed by atoms with van der Waals surface area (Å²) < 4.78 is 13.3. The van der Waals surface area contributed by atoms with Crippen molar-refractivity contribution in [2.75, 3.05) is 11.4 Å². The highest BCUT2D eigenvalue weighted by Crippen LogP contribution is 2.43. The Morgan fingerprint density at radius 1 is 0.903 bits per heavy atom. The van der Waals surface area contributed by atoms with Crippen LogP contribution >= 0.6 is 0 Å². The summed E-state index contributed by atoms with van der Waals surface area (Å²) in [5.74, 6) is 0.515. The molecule has 3 atom stereocenters. The van der Waals surface area contributed by atoms with Crippen LogP contribution in [0.4, 0.5) is 10.1 Å². The zero-order valence-corrected chi connectivity index (χ0v) is 17.8. The predicted octanol–water partition coefficient (Wildman–Crippen LogP) is 4.82. The van der Waals surface area contributed by atoms with Gasteiger partial charge in [0.1, 0.15) is 5.82 Å². The summed E-state index contributed by atoms with van der Waals surface area (Å²) in [5, 5.41) is 0. The average molecular weight is 421 g/mol.